The van der Waals surface area contributed by atoms with Crippen LogP contribution in [0.4, 0.5) is 0 Å². The minimum atomic E-state index is -0.897. The molecule has 1 aliphatic heterocycles. The van der Waals surface area contributed by atoms with Crippen LogP contribution in [0.3, 0.4) is 0 Å². The van der Waals surface area contributed by atoms with Crippen LogP contribution in [0.5, 0.6) is 5.75 Å². The fourth-order valence-corrected chi connectivity index (χ4v) is 3.28. The van der Waals surface area contributed by atoms with Crippen molar-refractivity contribution >= 4 is 5.97 Å². The van der Waals surface area contributed by atoms with E-state index in [9.17, 15) is 15.0 Å². The predicted molar refractivity (Wildman–Crippen MR) is 64.5 cm³/mol. The van der Waals surface area contributed by atoms with Crippen LogP contribution >= 0.6 is 0 Å². The zero-order valence-electron chi connectivity index (χ0n) is 10.2. The number of carbonyl (C=O) groups excluding carboxylic acids is 1. The number of benzene rings is 1. The first-order valence-electron chi connectivity index (χ1n) is 6.26. The number of phenolic OH excluding ortho intramolecular Hbond substituents is 1. The summed E-state index contributed by atoms with van der Waals surface area (Å²) in [6.07, 6.45) is 2.01. The van der Waals surface area contributed by atoms with E-state index < -0.39 is 11.6 Å². The molecule has 1 aromatic carbocycles. The fraction of sp³-hybridized carbons (Fsp3) is 0.500. The SMILES string of the molecule is CC1(O)CCCC2OC(=O)c3c(O)cccc3C21. The number of ether oxygens (including phenoxy) is 1. The maximum atomic E-state index is 11.9. The van der Waals surface area contributed by atoms with E-state index >= 15 is 0 Å². The molecule has 0 amide bonds. The number of hydrogen-bond acceptors (Lipinski definition) is 4. The first-order chi connectivity index (χ1) is 8.50. The van der Waals surface area contributed by atoms with Crippen molar-refractivity contribution in [1.82, 2.24) is 0 Å². The second kappa shape index (κ2) is 3.72. The molecule has 4 nitrogen and oxygen atoms in total. The lowest BCUT2D eigenvalue weighted by Crippen LogP contribution is -2.48. The van der Waals surface area contributed by atoms with Crippen molar-refractivity contribution in [2.24, 2.45) is 0 Å². The average Bonchev–Trinajstić information content (AvgIpc) is 2.27. The second-order valence-electron chi connectivity index (χ2n) is 5.41. The highest BCUT2D eigenvalue weighted by molar-refractivity contribution is 5.95. The second-order valence-corrected chi connectivity index (χ2v) is 5.41. The van der Waals surface area contributed by atoms with Gasteiger partial charge in [0.15, 0.2) is 0 Å². The summed E-state index contributed by atoms with van der Waals surface area (Å²) in [7, 11) is 0. The Labute approximate surface area is 105 Å². The molecule has 4 heteroatoms. The zero-order chi connectivity index (χ0) is 12.9. The van der Waals surface area contributed by atoms with Crippen LogP contribution in [0.1, 0.15) is 48.0 Å². The van der Waals surface area contributed by atoms with E-state index in [2.05, 4.69) is 0 Å². The molecule has 3 unspecified atom stereocenters. The molecule has 2 N–H and O–H groups in total. The van der Waals surface area contributed by atoms with Gasteiger partial charge >= 0.3 is 5.97 Å². The van der Waals surface area contributed by atoms with Crippen LogP contribution in [0.25, 0.3) is 0 Å². The lowest BCUT2D eigenvalue weighted by Gasteiger charge is -2.45. The maximum Gasteiger partial charge on any atom is 0.342 e. The molecular weight excluding hydrogens is 232 g/mol. The van der Waals surface area contributed by atoms with Crippen molar-refractivity contribution < 1.29 is 19.7 Å². The fourth-order valence-electron chi connectivity index (χ4n) is 3.28. The summed E-state index contributed by atoms with van der Waals surface area (Å²) in [6.45, 7) is 1.77. The summed E-state index contributed by atoms with van der Waals surface area (Å²) in [5, 5.41) is 20.3. The normalized spacial score (nSPS) is 34.4. The van der Waals surface area contributed by atoms with Crippen molar-refractivity contribution in [1.29, 1.82) is 0 Å². The third kappa shape index (κ3) is 1.52. The van der Waals surface area contributed by atoms with Crippen LogP contribution < -0.4 is 0 Å². The Hall–Kier alpha value is -1.55. The van der Waals surface area contributed by atoms with Gasteiger partial charge < -0.3 is 14.9 Å². The first kappa shape index (κ1) is 11.5. The number of carbonyl (C=O) groups is 1. The molecule has 1 heterocycles. The van der Waals surface area contributed by atoms with Crippen molar-refractivity contribution in [3.63, 3.8) is 0 Å². The van der Waals surface area contributed by atoms with Gasteiger partial charge in [0, 0.05) is 0 Å². The van der Waals surface area contributed by atoms with Crippen LogP contribution in [0.2, 0.25) is 0 Å². The van der Waals surface area contributed by atoms with Gasteiger partial charge in [0.2, 0.25) is 0 Å². The molecule has 1 aromatic rings. The summed E-state index contributed by atoms with van der Waals surface area (Å²) in [5.41, 5.74) is 0.0217. The van der Waals surface area contributed by atoms with Gasteiger partial charge in [-0.1, -0.05) is 12.1 Å². The quantitative estimate of drug-likeness (QED) is 0.689. The van der Waals surface area contributed by atoms with Crippen LogP contribution in [-0.2, 0) is 4.74 Å². The molecule has 2 aliphatic rings. The van der Waals surface area contributed by atoms with E-state index in [0.717, 1.165) is 12.8 Å². The molecule has 0 bridgehead atoms. The lowest BCUT2D eigenvalue weighted by molar-refractivity contribution is -0.0722. The Morgan fingerprint density at radius 1 is 1.44 bits per heavy atom. The topological polar surface area (TPSA) is 66.8 Å². The molecule has 0 radical (unpaired) electrons. The van der Waals surface area contributed by atoms with E-state index in [-0.39, 0.29) is 23.3 Å². The Balaban J connectivity index is 2.18. The van der Waals surface area contributed by atoms with Gasteiger partial charge in [-0.2, -0.15) is 0 Å². The number of esters is 1. The number of aliphatic hydroxyl groups is 1. The van der Waals surface area contributed by atoms with E-state index in [0.29, 0.717) is 12.0 Å². The van der Waals surface area contributed by atoms with Crippen LogP contribution in [0, 0.1) is 0 Å². The standard InChI is InChI=1S/C14H16O4/c1-14(17)7-3-6-10-12(14)8-4-2-5-9(15)11(8)13(16)18-10/h2,4-5,10,12,15,17H,3,6-7H2,1H3. The highest BCUT2D eigenvalue weighted by Crippen LogP contribution is 2.47. The minimum absolute atomic E-state index is 0.0719. The van der Waals surface area contributed by atoms with Crippen LogP contribution in [0.15, 0.2) is 18.2 Å². The van der Waals surface area contributed by atoms with Gasteiger partial charge in [0.05, 0.1) is 11.5 Å². The molecule has 0 saturated heterocycles. The van der Waals surface area contributed by atoms with E-state index in [1.54, 1.807) is 19.1 Å². The molecular formula is C14H16O4. The number of phenols is 1. The molecule has 3 rings (SSSR count). The van der Waals surface area contributed by atoms with Crippen molar-refractivity contribution in [3.05, 3.63) is 29.3 Å². The van der Waals surface area contributed by atoms with Gasteiger partial charge in [0.25, 0.3) is 0 Å². The average molecular weight is 248 g/mol. The summed E-state index contributed by atoms with van der Waals surface area (Å²) in [4.78, 5) is 11.9. The highest BCUT2D eigenvalue weighted by atomic mass is 16.5. The summed E-state index contributed by atoms with van der Waals surface area (Å²) >= 11 is 0. The number of rotatable bonds is 0. The smallest absolute Gasteiger partial charge is 0.342 e. The Morgan fingerprint density at radius 2 is 2.22 bits per heavy atom. The van der Waals surface area contributed by atoms with E-state index in [4.69, 9.17) is 4.74 Å². The lowest BCUT2D eigenvalue weighted by atomic mass is 9.69. The summed E-state index contributed by atoms with van der Waals surface area (Å²) in [6, 6.07) is 4.97. The molecule has 0 aromatic heterocycles. The highest BCUT2D eigenvalue weighted by Gasteiger charge is 2.48. The summed E-state index contributed by atoms with van der Waals surface area (Å²) < 4.78 is 5.37. The van der Waals surface area contributed by atoms with Gasteiger partial charge in [-0.25, -0.2) is 4.79 Å². The molecule has 3 atom stereocenters. The number of fused-ring (bicyclic) bond motifs is 3. The first-order valence-corrected chi connectivity index (χ1v) is 6.26. The van der Waals surface area contributed by atoms with Gasteiger partial charge in [0.1, 0.15) is 17.4 Å². The number of hydrogen-bond donors (Lipinski definition) is 2. The molecule has 0 spiro atoms. The van der Waals surface area contributed by atoms with Crippen molar-refractivity contribution in [2.45, 2.75) is 43.8 Å². The monoisotopic (exact) mass is 248 g/mol. The largest absolute Gasteiger partial charge is 0.507 e. The van der Waals surface area contributed by atoms with Crippen molar-refractivity contribution in [3.8, 4) is 5.75 Å². The molecule has 96 valence electrons. The third-order valence-electron chi connectivity index (χ3n) is 4.09. The number of aromatic hydroxyl groups is 1. The Kier molecular flexibility index (Phi) is 2.38. The van der Waals surface area contributed by atoms with E-state index in [1.165, 1.54) is 6.07 Å². The molecule has 1 saturated carbocycles. The van der Waals surface area contributed by atoms with Gasteiger partial charge in [-0.15, -0.1) is 0 Å². The molecule has 1 fully saturated rings. The Morgan fingerprint density at radius 3 is 3.00 bits per heavy atom. The van der Waals surface area contributed by atoms with Gasteiger partial charge in [-0.3, -0.25) is 0 Å². The van der Waals surface area contributed by atoms with Crippen LogP contribution in [-0.4, -0.2) is 27.9 Å². The summed E-state index contributed by atoms with van der Waals surface area (Å²) in [5.74, 6) is -0.801. The zero-order valence-corrected chi connectivity index (χ0v) is 10.2. The molecule has 18 heavy (non-hydrogen) atoms. The van der Waals surface area contributed by atoms with E-state index in [1.807, 2.05) is 0 Å². The van der Waals surface area contributed by atoms with Gasteiger partial charge in [-0.05, 0) is 37.8 Å². The maximum absolute atomic E-state index is 11.9. The predicted octanol–water partition coefficient (Wildman–Crippen LogP) is 1.95. The Bertz CT molecular complexity index is 507. The molecule has 1 aliphatic carbocycles. The third-order valence-corrected chi connectivity index (χ3v) is 4.09. The van der Waals surface area contributed by atoms with Crippen molar-refractivity contribution in [2.75, 3.05) is 0 Å². The minimum Gasteiger partial charge on any atom is -0.507 e.